The predicted octanol–water partition coefficient (Wildman–Crippen LogP) is 1.47. The van der Waals surface area contributed by atoms with Gasteiger partial charge in [-0.25, -0.2) is 0 Å². The van der Waals surface area contributed by atoms with Crippen molar-refractivity contribution < 1.29 is 9.53 Å². The normalized spacial score (nSPS) is 24.7. The minimum atomic E-state index is -0.225. The molecule has 0 bridgehead atoms. The van der Waals surface area contributed by atoms with Gasteiger partial charge in [0.05, 0.1) is 6.10 Å². The molecular weight excluding hydrogens is 242 g/mol. The summed E-state index contributed by atoms with van der Waals surface area (Å²) in [6.07, 6.45) is 7.35. The highest BCUT2D eigenvalue weighted by Crippen LogP contribution is 2.30. The van der Waals surface area contributed by atoms with Crippen LogP contribution in [0, 0.1) is 5.92 Å². The quantitative estimate of drug-likeness (QED) is 0.808. The smallest absolute Gasteiger partial charge is 0.247 e. The number of nitrogens with zero attached hydrogens (tertiary/aromatic N) is 3. The van der Waals surface area contributed by atoms with Crippen LogP contribution in [0.3, 0.4) is 0 Å². The van der Waals surface area contributed by atoms with Gasteiger partial charge in [0.2, 0.25) is 5.91 Å². The molecule has 104 valence electrons. The van der Waals surface area contributed by atoms with Crippen molar-refractivity contribution in [2.45, 2.75) is 38.3 Å². The lowest BCUT2D eigenvalue weighted by molar-refractivity contribution is -0.134. The fourth-order valence-electron chi connectivity index (χ4n) is 2.51. The molecule has 0 spiro atoms. The summed E-state index contributed by atoms with van der Waals surface area (Å²) in [6, 6.07) is 1.62. The second-order valence-corrected chi connectivity index (χ2v) is 5.63. The van der Waals surface area contributed by atoms with Gasteiger partial charge >= 0.3 is 0 Å². The van der Waals surface area contributed by atoms with Gasteiger partial charge < -0.3 is 9.64 Å². The van der Waals surface area contributed by atoms with Gasteiger partial charge in [-0.05, 0) is 38.2 Å². The van der Waals surface area contributed by atoms with Crippen LogP contribution in [0.2, 0.25) is 0 Å². The van der Waals surface area contributed by atoms with E-state index < -0.39 is 0 Å². The van der Waals surface area contributed by atoms with Crippen molar-refractivity contribution in [3.8, 4) is 0 Å². The van der Waals surface area contributed by atoms with Crippen molar-refractivity contribution >= 4 is 5.91 Å². The summed E-state index contributed by atoms with van der Waals surface area (Å²) < 4.78 is 7.57. The van der Waals surface area contributed by atoms with E-state index in [1.54, 1.807) is 10.9 Å². The van der Waals surface area contributed by atoms with Crippen LogP contribution in [0.15, 0.2) is 18.5 Å². The zero-order valence-electron chi connectivity index (χ0n) is 11.4. The van der Waals surface area contributed by atoms with Crippen LogP contribution in [0.25, 0.3) is 0 Å². The molecule has 0 aromatic carbocycles. The first-order valence-corrected chi connectivity index (χ1v) is 7.13. The average Bonchev–Trinajstić information content (AvgIpc) is 2.94. The first kappa shape index (κ1) is 12.7. The van der Waals surface area contributed by atoms with Gasteiger partial charge in [-0.2, -0.15) is 5.10 Å². The largest absolute Gasteiger partial charge is 0.376 e. The molecule has 0 radical (unpaired) electrons. The maximum atomic E-state index is 12.3. The van der Waals surface area contributed by atoms with Gasteiger partial charge in [-0.1, -0.05) is 0 Å². The number of hydrogen-bond donors (Lipinski definition) is 0. The standard InChI is InChI=1S/C14H21N3O2/c1-11(17-7-2-6-15-17)14(18)16-8-5-13(9-16)19-10-12-3-4-12/h2,6-7,11-13H,3-5,8-10H2,1H3/t11-,13+/m1/s1. The molecule has 1 amide bonds. The number of rotatable bonds is 5. The van der Waals surface area contributed by atoms with Crippen LogP contribution in [0.1, 0.15) is 32.2 Å². The molecule has 5 heteroatoms. The highest BCUT2D eigenvalue weighted by atomic mass is 16.5. The second kappa shape index (κ2) is 5.33. The Bertz CT molecular complexity index is 428. The Kier molecular flexibility index (Phi) is 3.55. The summed E-state index contributed by atoms with van der Waals surface area (Å²) in [5.41, 5.74) is 0. The van der Waals surface area contributed by atoms with E-state index >= 15 is 0 Å². The number of likely N-dealkylation sites (tertiary alicyclic amines) is 1. The Morgan fingerprint density at radius 2 is 2.32 bits per heavy atom. The minimum absolute atomic E-state index is 0.140. The number of ether oxygens (including phenoxy) is 1. The van der Waals surface area contributed by atoms with E-state index in [1.165, 1.54) is 12.8 Å². The average molecular weight is 263 g/mol. The number of aromatic nitrogens is 2. The van der Waals surface area contributed by atoms with Crippen LogP contribution in [0.5, 0.6) is 0 Å². The fourth-order valence-corrected chi connectivity index (χ4v) is 2.51. The third kappa shape index (κ3) is 2.97. The Morgan fingerprint density at radius 3 is 3.00 bits per heavy atom. The van der Waals surface area contributed by atoms with Gasteiger partial charge in [-0.3, -0.25) is 9.48 Å². The third-order valence-corrected chi connectivity index (χ3v) is 4.00. The van der Waals surface area contributed by atoms with Crippen molar-refractivity contribution in [3.63, 3.8) is 0 Å². The molecule has 2 heterocycles. The van der Waals surface area contributed by atoms with Gasteiger partial charge in [0.15, 0.2) is 0 Å². The first-order valence-electron chi connectivity index (χ1n) is 7.13. The molecule has 3 rings (SSSR count). The molecule has 1 aromatic rings. The maximum Gasteiger partial charge on any atom is 0.247 e. The molecule has 2 aliphatic rings. The van der Waals surface area contributed by atoms with Crippen LogP contribution >= 0.6 is 0 Å². The van der Waals surface area contributed by atoms with E-state index in [0.29, 0.717) is 0 Å². The molecule has 1 aromatic heterocycles. The van der Waals surface area contributed by atoms with E-state index in [1.807, 2.05) is 24.1 Å². The van der Waals surface area contributed by atoms with Crippen LogP contribution in [0.4, 0.5) is 0 Å². The Morgan fingerprint density at radius 1 is 1.47 bits per heavy atom. The lowest BCUT2D eigenvalue weighted by Crippen LogP contribution is -2.35. The Hall–Kier alpha value is -1.36. The highest BCUT2D eigenvalue weighted by molar-refractivity contribution is 5.80. The minimum Gasteiger partial charge on any atom is -0.376 e. The molecule has 1 aliphatic carbocycles. The molecule has 2 atom stereocenters. The predicted molar refractivity (Wildman–Crippen MR) is 70.6 cm³/mol. The number of amides is 1. The topological polar surface area (TPSA) is 47.4 Å². The Balaban J connectivity index is 1.50. The summed E-state index contributed by atoms with van der Waals surface area (Å²) in [6.45, 7) is 4.31. The fraction of sp³-hybridized carbons (Fsp3) is 0.714. The molecule has 1 aliphatic heterocycles. The zero-order valence-corrected chi connectivity index (χ0v) is 11.4. The molecule has 0 N–H and O–H groups in total. The molecule has 19 heavy (non-hydrogen) atoms. The van der Waals surface area contributed by atoms with Crippen molar-refractivity contribution in [3.05, 3.63) is 18.5 Å². The number of carbonyl (C=O) groups is 1. The maximum absolute atomic E-state index is 12.3. The van der Waals surface area contributed by atoms with Crippen molar-refractivity contribution in [1.82, 2.24) is 14.7 Å². The monoisotopic (exact) mass is 263 g/mol. The van der Waals surface area contributed by atoms with Gasteiger partial charge in [0.1, 0.15) is 6.04 Å². The summed E-state index contributed by atoms with van der Waals surface area (Å²) in [5, 5.41) is 4.13. The molecular formula is C14H21N3O2. The number of carbonyl (C=O) groups excluding carboxylic acids is 1. The molecule has 1 saturated carbocycles. The van der Waals surface area contributed by atoms with Gasteiger partial charge in [0, 0.05) is 32.1 Å². The SMILES string of the molecule is C[C@H](C(=O)N1CC[C@H](OCC2CC2)C1)n1cccn1. The van der Waals surface area contributed by atoms with Crippen LogP contribution < -0.4 is 0 Å². The summed E-state index contributed by atoms with van der Waals surface area (Å²) in [7, 11) is 0. The lowest BCUT2D eigenvalue weighted by Gasteiger charge is -2.21. The van der Waals surface area contributed by atoms with Crippen molar-refractivity contribution in [2.75, 3.05) is 19.7 Å². The van der Waals surface area contributed by atoms with E-state index in [-0.39, 0.29) is 18.1 Å². The van der Waals surface area contributed by atoms with Crippen molar-refractivity contribution in [1.29, 1.82) is 0 Å². The van der Waals surface area contributed by atoms with Gasteiger partial charge in [-0.15, -0.1) is 0 Å². The number of hydrogen-bond acceptors (Lipinski definition) is 3. The zero-order chi connectivity index (χ0) is 13.2. The van der Waals surface area contributed by atoms with E-state index in [2.05, 4.69) is 5.10 Å². The van der Waals surface area contributed by atoms with Crippen LogP contribution in [-0.2, 0) is 9.53 Å². The van der Waals surface area contributed by atoms with Crippen molar-refractivity contribution in [2.24, 2.45) is 5.92 Å². The van der Waals surface area contributed by atoms with Gasteiger partial charge in [0.25, 0.3) is 0 Å². The summed E-state index contributed by atoms with van der Waals surface area (Å²) >= 11 is 0. The summed E-state index contributed by atoms with van der Waals surface area (Å²) in [5.74, 6) is 0.925. The van der Waals surface area contributed by atoms with E-state index in [9.17, 15) is 4.79 Å². The summed E-state index contributed by atoms with van der Waals surface area (Å²) in [4.78, 5) is 14.3. The first-order chi connectivity index (χ1) is 9.24. The van der Waals surface area contributed by atoms with E-state index in [4.69, 9.17) is 4.74 Å². The van der Waals surface area contributed by atoms with Crippen LogP contribution in [-0.4, -0.2) is 46.4 Å². The third-order valence-electron chi connectivity index (χ3n) is 4.00. The molecule has 1 saturated heterocycles. The highest BCUT2D eigenvalue weighted by Gasteiger charge is 2.31. The molecule has 0 unspecified atom stereocenters. The second-order valence-electron chi connectivity index (χ2n) is 5.63. The lowest BCUT2D eigenvalue weighted by atomic mass is 10.3. The Labute approximate surface area is 113 Å². The molecule has 5 nitrogen and oxygen atoms in total. The van der Waals surface area contributed by atoms with E-state index in [0.717, 1.165) is 32.0 Å². The molecule has 2 fully saturated rings.